The van der Waals surface area contributed by atoms with Crippen molar-refractivity contribution in [1.29, 1.82) is 0 Å². The van der Waals surface area contributed by atoms with Crippen LogP contribution in [0.3, 0.4) is 0 Å². The van der Waals surface area contributed by atoms with Gasteiger partial charge in [-0.2, -0.15) is 0 Å². The molecule has 6 heteroatoms. The molecule has 0 bridgehead atoms. The van der Waals surface area contributed by atoms with Gasteiger partial charge < -0.3 is 23.4 Å². The summed E-state index contributed by atoms with van der Waals surface area (Å²) in [6.07, 6.45) is 0.675. The number of benzene rings is 1. The highest BCUT2D eigenvalue weighted by Crippen LogP contribution is 2.36. The Kier molecular flexibility index (Phi) is 10.4. The van der Waals surface area contributed by atoms with E-state index in [1.54, 1.807) is 14.2 Å². The minimum absolute atomic E-state index is 0.178. The van der Waals surface area contributed by atoms with Crippen LogP contribution in [0.25, 0.3) is 0 Å². The van der Waals surface area contributed by atoms with Crippen molar-refractivity contribution in [3.63, 3.8) is 0 Å². The maximum absolute atomic E-state index is 6.28. The van der Waals surface area contributed by atoms with Crippen LogP contribution in [-0.2, 0) is 25.2 Å². The molecule has 1 aromatic rings. The summed E-state index contributed by atoms with van der Waals surface area (Å²) in [7, 11) is 1.47. The van der Waals surface area contributed by atoms with Crippen LogP contribution in [0.4, 0.5) is 0 Å². The zero-order chi connectivity index (χ0) is 22.0. The monoisotopic (exact) mass is 422 g/mol. The lowest BCUT2D eigenvalue weighted by Crippen LogP contribution is -2.42. The van der Waals surface area contributed by atoms with Gasteiger partial charge in [0.2, 0.25) is 0 Å². The number of methoxy groups -OCH3 is 2. The van der Waals surface area contributed by atoms with E-state index in [1.807, 2.05) is 31.2 Å². The molecule has 1 rings (SSSR count). The molecule has 0 saturated carbocycles. The molecule has 0 fully saturated rings. The van der Waals surface area contributed by atoms with Gasteiger partial charge in [0.25, 0.3) is 0 Å². The van der Waals surface area contributed by atoms with Gasteiger partial charge >= 0.3 is 0 Å². The molecule has 0 aliphatic heterocycles. The van der Waals surface area contributed by atoms with Crippen molar-refractivity contribution in [2.45, 2.75) is 64.5 Å². The predicted molar refractivity (Wildman–Crippen MR) is 120 cm³/mol. The van der Waals surface area contributed by atoms with Crippen LogP contribution in [0.1, 0.15) is 39.7 Å². The third kappa shape index (κ3) is 9.33. The van der Waals surface area contributed by atoms with Crippen molar-refractivity contribution < 1.29 is 23.4 Å². The van der Waals surface area contributed by atoms with Gasteiger partial charge in [0.1, 0.15) is 24.8 Å². The molecule has 1 unspecified atom stereocenters. The predicted octanol–water partition coefficient (Wildman–Crippen LogP) is 5.01. The van der Waals surface area contributed by atoms with Gasteiger partial charge in [0.15, 0.2) is 8.32 Å². The van der Waals surface area contributed by atoms with Crippen LogP contribution >= 0.6 is 0 Å². The molecule has 0 aliphatic rings. The lowest BCUT2D eigenvalue weighted by molar-refractivity contribution is -0.102. The maximum atomic E-state index is 6.28. The molecule has 0 aliphatic carbocycles. The average molecular weight is 423 g/mol. The molecule has 164 valence electrons. The average Bonchev–Trinajstić information content (AvgIpc) is 2.65. The van der Waals surface area contributed by atoms with E-state index in [0.717, 1.165) is 11.3 Å². The number of rotatable bonds is 11. The fourth-order valence-electron chi connectivity index (χ4n) is 2.24. The fourth-order valence-corrected chi connectivity index (χ4v) is 3.29. The molecule has 5 nitrogen and oxygen atoms in total. The minimum Gasteiger partial charge on any atom is -0.497 e. The normalized spacial score (nSPS) is 14.1. The third-order valence-electron chi connectivity index (χ3n) is 5.30. The van der Waals surface area contributed by atoms with Crippen molar-refractivity contribution in [2.24, 2.45) is 0 Å². The SMILES string of the molecule is COCOC(C)(C#CCOCc1ccc(OC)cc1)CCO[Si](C)(C)C(C)(C)C. The highest BCUT2D eigenvalue weighted by molar-refractivity contribution is 6.74. The first-order chi connectivity index (χ1) is 13.5. The largest absolute Gasteiger partial charge is 0.497 e. The van der Waals surface area contributed by atoms with Crippen molar-refractivity contribution in [3.05, 3.63) is 29.8 Å². The molecule has 0 N–H and O–H groups in total. The van der Waals surface area contributed by atoms with Gasteiger partial charge in [0.05, 0.1) is 13.7 Å². The molecule has 0 spiro atoms. The third-order valence-corrected chi connectivity index (χ3v) is 9.84. The molecule has 1 atom stereocenters. The number of hydrogen-bond donors (Lipinski definition) is 0. The Morgan fingerprint density at radius 1 is 1.00 bits per heavy atom. The molecule has 0 radical (unpaired) electrons. The van der Waals surface area contributed by atoms with E-state index in [9.17, 15) is 0 Å². The number of hydrogen-bond acceptors (Lipinski definition) is 5. The molecule has 0 saturated heterocycles. The summed E-state index contributed by atoms with van der Waals surface area (Å²) in [5, 5.41) is 0.178. The molecule has 0 heterocycles. The first-order valence-corrected chi connectivity index (χ1v) is 12.9. The second-order valence-corrected chi connectivity index (χ2v) is 13.6. The topological polar surface area (TPSA) is 46.2 Å². The van der Waals surface area contributed by atoms with E-state index in [1.165, 1.54) is 0 Å². The summed E-state index contributed by atoms with van der Waals surface area (Å²) in [5.41, 5.74) is 0.441. The summed E-state index contributed by atoms with van der Waals surface area (Å²) in [5.74, 6) is 7.12. The lowest BCUT2D eigenvalue weighted by Gasteiger charge is -2.37. The van der Waals surface area contributed by atoms with E-state index in [-0.39, 0.29) is 11.8 Å². The van der Waals surface area contributed by atoms with Crippen molar-refractivity contribution in [2.75, 3.05) is 34.2 Å². The van der Waals surface area contributed by atoms with Crippen LogP contribution < -0.4 is 4.74 Å². The van der Waals surface area contributed by atoms with E-state index in [4.69, 9.17) is 23.4 Å². The smallest absolute Gasteiger partial charge is 0.191 e. The molecular weight excluding hydrogens is 384 g/mol. The Hall–Kier alpha value is -1.36. The fraction of sp³-hybridized carbons (Fsp3) is 0.652. The highest BCUT2D eigenvalue weighted by Gasteiger charge is 2.37. The summed E-state index contributed by atoms with van der Waals surface area (Å²) >= 11 is 0. The van der Waals surface area contributed by atoms with Gasteiger partial charge in [-0.1, -0.05) is 44.7 Å². The Morgan fingerprint density at radius 3 is 2.21 bits per heavy atom. The van der Waals surface area contributed by atoms with Crippen LogP contribution in [0, 0.1) is 11.8 Å². The zero-order valence-corrected chi connectivity index (χ0v) is 20.4. The second kappa shape index (κ2) is 11.7. The van der Waals surface area contributed by atoms with Crippen LogP contribution in [-0.4, -0.2) is 48.1 Å². The van der Waals surface area contributed by atoms with Crippen LogP contribution in [0.2, 0.25) is 18.1 Å². The van der Waals surface area contributed by atoms with Crippen LogP contribution in [0.15, 0.2) is 24.3 Å². The van der Waals surface area contributed by atoms with Crippen molar-refractivity contribution in [1.82, 2.24) is 0 Å². The molecule has 29 heavy (non-hydrogen) atoms. The first kappa shape index (κ1) is 25.7. The first-order valence-electron chi connectivity index (χ1n) is 10.0. The number of ether oxygens (including phenoxy) is 4. The Morgan fingerprint density at radius 2 is 1.66 bits per heavy atom. The Bertz CT molecular complexity index is 655. The summed E-state index contributed by atoms with van der Waals surface area (Å²) in [6, 6.07) is 7.80. The molecule has 1 aromatic carbocycles. The Balaban J connectivity index is 2.56. The minimum atomic E-state index is -1.79. The van der Waals surface area contributed by atoms with Gasteiger partial charge in [-0.25, -0.2) is 0 Å². The van der Waals surface area contributed by atoms with Gasteiger partial charge in [-0.15, -0.1) is 0 Å². The standard InChI is InChI=1S/C23H38O5Si/c1-22(2,3)29(7,8)28-17-15-23(4,27-19-24-5)14-9-16-26-18-20-10-12-21(25-6)13-11-20/h10-13H,15-19H2,1-8H3. The quantitative estimate of drug-likeness (QED) is 0.217. The van der Waals surface area contributed by atoms with E-state index >= 15 is 0 Å². The van der Waals surface area contributed by atoms with Crippen molar-refractivity contribution in [3.8, 4) is 17.6 Å². The van der Waals surface area contributed by atoms with Gasteiger partial charge in [0, 0.05) is 20.1 Å². The van der Waals surface area contributed by atoms with E-state index < -0.39 is 13.9 Å². The Labute approximate surface area is 178 Å². The summed E-state index contributed by atoms with van der Waals surface area (Å²) < 4.78 is 28.0. The van der Waals surface area contributed by atoms with E-state index in [0.29, 0.717) is 26.2 Å². The van der Waals surface area contributed by atoms with Gasteiger partial charge in [-0.05, 0) is 42.8 Å². The molecule has 0 aromatic heterocycles. The van der Waals surface area contributed by atoms with Gasteiger partial charge in [-0.3, -0.25) is 0 Å². The van der Waals surface area contributed by atoms with Crippen molar-refractivity contribution >= 4 is 8.32 Å². The van der Waals surface area contributed by atoms with E-state index in [2.05, 4.69) is 45.7 Å². The molecule has 0 amide bonds. The second-order valence-electron chi connectivity index (χ2n) is 8.78. The lowest BCUT2D eigenvalue weighted by atomic mass is 10.0. The zero-order valence-electron chi connectivity index (χ0n) is 19.4. The summed E-state index contributed by atoms with van der Waals surface area (Å²) in [6.45, 7) is 14.8. The highest BCUT2D eigenvalue weighted by atomic mass is 28.4. The summed E-state index contributed by atoms with van der Waals surface area (Å²) in [4.78, 5) is 0. The maximum Gasteiger partial charge on any atom is 0.191 e. The van der Waals surface area contributed by atoms with Crippen LogP contribution in [0.5, 0.6) is 5.75 Å². The molecular formula is C23H38O5Si.